The fraction of sp³-hybridized carbons (Fsp3) is 0.250. The van der Waals surface area contributed by atoms with Gasteiger partial charge in [-0.15, -0.1) is 0 Å². The summed E-state index contributed by atoms with van der Waals surface area (Å²) in [6, 6.07) is 7.92. The number of ether oxygens (including phenoxy) is 1. The number of aromatic nitrogens is 1. The highest BCUT2D eigenvalue weighted by molar-refractivity contribution is 5.97. The van der Waals surface area contributed by atoms with E-state index in [0.29, 0.717) is 23.5 Å². The number of nitrogens with zero attached hydrogens (tertiary/aromatic N) is 1. The minimum Gasteiger partial charge on any atom is -0.492 e. The van der Waals surface area contributed by atoms with Crippen LogP contribution in [0.3, 0.4) is 0 Å². The van der Waals surface area contributed by atoms with Crippen molar-refractivity contribution in [3.8, 4) is 5.75 Å². The molecule has 0 aliphatic rings. The van der Waals surface area contributed by atoms with Gasteiger partial charge in [0.05, 0.1) is 12.8 Å². The second-order valence-electron chi connectivity index (χ2n) is 4.45. The molecule has 104 valence electrons. The van der Waals surface area contributed by atoms with Crippen LogP contribution < -0.4 is 4.74 Å². The maximum absolute atomic E-state index is 13.5. The van der Waals surface area contributed by atoms with Crippen molar-refractivity contribution in [3.05, 3.63) is 59.7 Å². The fourth-order valence-electron chi connectivity index (χ4n) is 1.79. The molecule has 1 aromatic carbocycles. The van der Waals surface area contributed by atoms with E-state index >= 15 is 0 Å². The van der Waals surface area contributed by atoms with Crippen LogP contribution >= 0.6 is 0 Å². The van der Waals surface area contributed by atoms with E-state index in [4.69, 9.17) is 4.74 Å². The van der Waals surface area contributed by atoms with Crippen LogP contribution in [-0.2, 0) is 6.42 Å². The Labute approximate surface area is 117 Å². The minimum atomic E-state index is -0.368. The zero-order chi connectivity index (χ0) is 14.4. The molecule has 0 aliphatic heterocycles. The minimum absolute atomic E-state index is 0.0194. The van der Waals surface area contributed by atoms with Gasteiger partial charge in [-0.1, -0.05) is 25.1 Å². The first-order valence-corrected chi connectivity index (χ1v) is 6.55. The van der Waals surface area contributed by atoms with Gasteiger partial charge in [-0.2, -0.15) is 0 Å². The van der Waals surface area contributed by atoms with Gasteiger partial charge in [0, 0.05) is 18.2 Å². The molecule has 0 unspecified atom stereocenters. The number of hydrogen-bond donors (Lipinski definition) is 0. The molecular formula is C16H16FNO2. The van der Waals surface area contributed by atoms with E-state index in [1.807, 2.05) is 6.92 Å². The molecule has 0 saturated heterocycles. The number of ketones is 1. The Hall–Kier alpha value is -2.23. The van der Waals surface area contributed by atoms with Gasteiger partial charge in [-0.25, -0.2) is 4.39 Å². The summed E-state index contributed by atoms with van der Waals surface area (Å²) in [5.41, 5.74) is 0.819. The van der Waals surface area contributed by atoms with E-state index in [-0.39, 0.29) is 18.0 Å². The maximum atomic E-state index is 13.5. The van der Waals surface area contributed by atoms with Gasteiger partial charge in [0.25, 0.3) is 0 Å². The first-order chi connectivity index (χ1) is 9.70. The molecule has 1 heterocycles. The van der Waals surface area contributed by atoms with Crippen molar-refractivity contribution in [3.63, 3.8) is 0 Å². The topological polar surface area (TPSA) is 39.2 Å². The van der Waals surface area contributed by atoms with Crippen molar-refractivity contribution in [2.45, 2.75) is 19.8 Å². The molecule has 20 heavy (non-hydrogen) atoms. The summed E-state index contributed by atoms with van der Waals surface area (Å²) in [6.45, 7) is 2.58. The first kappa shape index (κ1) is 14.2. The molecule has 0 aliphatic carbocycles. The van der Waals surface area contributed by atoms with Crippen molar-refractivity contribution in [2.24, 2.45) is 0 Å². The molecule has 0 fully saturated rings. The molecule has 0 saturated carbocycles. The second kappa shape index (κ2) is 6.80. The van der Waals surface area contributed by atoms with Crippen LogP contribution in [0.25, 0.3) is 0 Å². The first-order valence-electron chi connectivity index (χ1n) is 6.55. The lowest BCUT2D eigenvalue weighted by molar-refractivity contribution is 0.0991. The van der Waals surface area contributed by atoms with Gasteiger partial charge in [0.2, 0.25) is 0 Å². The zero-order valence-corrected chi connectivity index (χ0v) is 11.3. The van der Waals surface area contributed by atoms with E-state index in [2.05, 4.69) is 4.98 Å². The highest BCUT2D eigenvalue weighted by Gasteiger charge is 2.11. The lowest BCUT2D eigenvalue weighted by Gasteiger charge is -2.06. The summed E-state index contributed by atoms with van der Waals surface area (Å²) in [5, 5.41) is 0. The van der Waals surface area contributed by atoms with E-state index in [1.54, 1.807) is 30.5 Å². The average Bonchev–Trinajstić information content (AvgIpc) is 2.48. The molecule has 0 N–H and O–H groups in total. The third-order valence-corrected chi connectivity index (χ3v) is 2.82. The lowest BCUT2D eigenvalue weighted by Crippen LogP contribution is -2.06. The van der Waals surface area contributed by atoms with Crippen LogP contribution in [-0.4, -0.2) is 17.4 Å². The Morgan fingerprint density at radius 3 is 2.85 bits per heavy atom. The lowest BCUT2D eigenvalue weighted by atomic mass is 10.0. The van der Waals surface area contributed by atoms with Gasteiger partial charge >= 0.3 is 0 Å². The molecule has 2 rings (SSSR count). The number of Topliss-reactive ketones (excluding diaryl/α,β-unsaturated/α-hetero) is 1. The number of carbonyl (C=O) groups is 1. The van der Waals surface area contributed by atoms with Gasteiger partial charge < -0.3 is 4.74 Å². The molecule has 0 amide bonds. The van der Waals surface area contributed by atoms with E-state index in [1.165, 1.54) is 12.3 Å². The van der Waals surface area contributed by atoms with Gasteiger partial charge in [0.15, 0.2) is 5.78 Å². The standard InChI is InChI=1S/C16H16FNO2/c1-2-7-20-14-8-13(10-18-11-14)16(19)9-12-5-3-4-6-15(12)17/h3-6,8,10-11H,2,7,9H2,1H3. The van der Waals surface area contributed by atoms with E-state index in [9.17, 15) is 9.18 Å². The number of hydrogen-bond acceptors (Lipinski definition) is 3. The monoisotopic (exact) mass is 273 g/mol. The Morgan fingerprint density at radius 2 is 2.10 bits per heavy atom. The summed E-state index contributed by atoms with van der Waals surface area (Å²) in [6.07, 6.45) is 3.94. The Morgan fingerprint density at radius 1 is 1.30 bits per heavy atom. The molecule has 3 nitrogen and oxygen atoms in total. The molecule has 0 spiro atoms. The van der Waals surface area contributed by atoms with Crippen LogP contribution in [0.2, 0.25) is 0 Å². The van der Waals surface area contributed by atoms with Gasteiger partial charge in [-0.05, 0) is 24.1 Å². The summed E-state index contributed by atoms with van der Waals surface area (Å²) < 4.78 is 19.0. The third-order valence-electron chi connectivity index (χ3n) is 2.82. The maximum Gasteiger partial charge on any atom is 0.169 e. The molecule has 0 bridgehead atoms. The molecule has 0 radical (unpaired) electrons. The summed E-state index contributed by atoms with van der Waals surface area (Å²) in [7, 11) is 0. The van der Waals surface area contributed by atoms with Crippen molar-refractivity contribution < 1.29 is 13.9 Å². The SMILES string of the molecule is CCCOc1cncc(C(=O)Cc2ccccc2F)c1. The van der Waals surface area contributed by atoms with Crippen LogP contribution in [0.15, 0.2) is 42.7 Å². The number of rotatable bonds is 6. The quantitative estimate of drug-likeness (QED) is 0.757. The molecule has 1 aromatic heterocycles. The number of halogens is 1. The van der Waals surface area contributed by atoms with Crippen molar-refractivity contribution >= 4 is 5.78 Å². The second-order valence-corrected chi connectivity index (χ2v) is 4.45. The van der Waals surface area contributed by atoms with E-state index in [0.717, 1.165) is 6.42 Å². The van der Waals surface area contributed by atoms with Crippen LogP contribution in [0, 0.1) is 5.82 Å². The molecule has 2 aromatic rings. The molecular weight excluding hydrogens is 257 g/mol. The predicted octanol–water partition coefficient (Wildman–Crippen LogP) is 3.43. The number of carbonyl (C=O) groups excluding carboxylic acids is 1. The normalized spacial score (nSPS) is 10.3. The van der Waals surface area contributed by atoms with Gasteiger partial charge in [-0.3, -0.25) is 9.78 Å². The summed E-state index contributed by atoms with van der Waals surface area (Å²) in [4.78, 5) is 16.1. The van der Waals surface area contributed by atoms with Crippen LogP contribution in [0.5, 0.6) is 5.75 Å². The summed E-state index contributed by atoms with van der Waals surface area (Å²) >= 11 is 0. The fourth-order valence-corrected chi connectivity index (χ4v) is 1.79. The third kappa shape index (κ3) is 3.63. The van der Waals surface area contributed by atoms with Crippen LogP contribution in [0.1, 0.15) is 29.3 Å². The molecule has 4 heteroatoms. The Bertz CT molecular complexity index is 599. The van der Waals surface area contributed by atoms with Crippen molar-refractivity contribution in [1.82, 2.24) is 4.98 Å². The number of benzene rings is 1. The van der Waals surface area contributed by atoms with E-state index < -0.39 is 0 Å². The highest BCUT2D eigenvalue weighted by atomic mass is 19.1. The summed E-state index contributed by atoms with van der Waals surface area (Å²) in [5.74, 6) is 0.0166. The number of pyridine rings is 1. The molecule has 0 atom stereocenters. The van der Waals surface area contributed by atoms with Crippen molar-refractivity contribution in [1.29, 1.82) is 0 Å². The Kier molecular flexibility index (Phi) is 4.82. The largest absolute Gasteiger partial charge is 0.492 e. The Balaban J connectivity index is 2.11. The average molecular weight is 273 g/mol. The predicted molar refractivity (Wildman–Crippen MR) is 74.5 cm³/mol. The zero-order valence-electron chi connectivity index (χ0n) is 11.3. The van der Waals surface area contributed by atoms with Crippen LogP contribution in [0.4, 0.5) is 4.39 Å². The van der Waals surface area contributed by atoms with Gasteiger partial charge in [0.1, 0.15) is 11.6 Å². The van der Waals surface area contributed by atoms with Crippen molar-refractivity contribution in [2.75, 3.05) is 6.61 Å². The highest BCUT2D eigenvalue weighted by Crippen LogP contribution is 2.15. The smallest absolute Gasteiger partial charge is 0.169 e.